The van der Waals surface area contributed by atoms with Crippen molar-refractivity contribution in [3.8, 4) is 16.5 Å². The van der Waals surface area contributed by atoms with Crippen molar-refractivity contribution in [1.82, 2.24) is 9.88 Å². The SMILES string of the molecule is Cc1c2n(c3c(-c4ccc(C#N)s4)cc(F)cc13)CCNC2=O. The van der Waals surface area contributed by atoms with Gasteiger partial charge in [-0.1, -0.05) is 0 Å². The maximum absolute atomic E-state index is 14.1. The predicted octanol–water partition coefficient (Wildman–Crippen LogP) is 3.43. The normalized spacial score (nSPS) is 13.7. The molecule has 1 aromatic carbocycles. The third-order valence-electron chi connectivity index (χ3n) is 4.19. The predicted molar refractivity (Wildman–Crippen MR) is 87.0 cm³/mol. The van der Waals surface area contributed by atoms with Gasteiger partial charge in [0.2, 0.25) is 0 Å². The number of fused-ring (bicyclic) bond motifs is 3. The van der Waals surface area contributed by atoms with Crippen LogP contribution in [-0.2, 0) is 6.54 Å². The number of halogens is 1. The van der Waals surface area contributed by atoms with E-state index in [1.165, 1.54) is 23.5 Å². The standard InChI is InChI=1S/C17H12FN3OS/c1-9-12-6-10(18)7-13(14-3-2-11(8-19)23-14)16(12)21-5-4-20-17(22)15(9)21/h2-3,6-7H,4-5H2,1H3,(H,20,22). The molecule has 1 aliphatic rings. The number of nitriles is 1. The number of nitrogens with one attached hydrogen (secondary N) is 1. The summed E-state index contributed by atoms with van der Waals surface area (Å²) in [5, 5.41) is 12.6. The second kappa shape index (κ2) is 4.93. The molecule has 4 rings (SSSR count). The zero-order valence-electron chi connectivity index (χ0n) is 12.3. The van der Waals surface area contributed by atoms with Gasteiger partial charge in [-0.15, -0.1) is 11.3 Å². The zero-order valence-corrected chi connectivity index (χ0v) is 13.1. The number of benzene rings is 1. The Bertz CT molecular complexity index is 1010. The van der Waals surface area contributed by atoms with Crippen LogP contribution in [0.4, 0.5) is 4.39 Å². The molecular formula is C17H12FN3OS. The van der Waals surface area contributed by atoms with Crippen molar-refractivity contribution in [1.29, 1.82) is 5.26 Å². The van der Waals surface area contributed by atoms with Crippen molar-refractivity contribution in [2.24, 2.45) is 0 Å². The van der Waals surface area contributed by atoms with E-state index >= 15 is 0 Å². The fourth-order valence-corrected chi connectivity index (χ4v) is 4.05. The lowest BCUT2D eigenvalue weighted by atomic mass is 10.1. The maximum Gasteiger partial charge on any atom is 0.268 e. The molecule has 3 aromatic rings. The minimum atomic E-state index is -0.342. The number of nitrogens with zero attached hydrogens (tertiary/aromatic N) is 2. The van der Waals surface area contributed by atoms with E-state index in [2.05, 4.69) is 11.4 Å². The van der Waals surface area contributed by atoms with Gasteiger partial charge in [0.15, 0.2) is 0 Å². The van der Waals surface area contributed by atoms with E-state index in [1.54, 1.807) is 6.07 Å². The molecule has 1 aliphatic heterocycles. The van der Waals surface area contributed by atoms with Crippen LogP contribution in [0.3, 0.4) is 0 Å². The van der Waals surface area contributed by atoms with Gasteiger partial charge in [-0.3, -0.25) is 4.79 Å². The number of aryl methyl sites for hydroxylation is 1. The van der Waals surface area contributed by atoms with Gasteiger partial charge in [-0.05, 0) is 36.8 Å². The molecule has 0 bridgehead atoms. The molecule has 0 aliphatic carbocycles. The summed E-state index contributed by atoms with van der Waals surface area (Å²) in [7, 11) is 0. The summed E-state index contributed by atoms with van der Waals surface area (Å²) in [5.41, 5.74) is 2.97. The number of carbonyl (C=O) groups excluding carboxylic acids is 1. The topological polar surface area (TPSA) is 57.8 Å². The molecule has 0 atom stereocenters. The van der Waals surface area contributed by atoms with Gasteiger partial charge in [0.1, 0.15) is 22.5 Å². The first-order valence-electron chi connectivity index (χ1n) is 7.21. The van der Waals surface area contributed by atoms with Crippen LogP contribution in [0.1, 0.15) is 20.9 Å². The second-order valence-corrected chi connectivity index (χ2v) is 6.59. The average Bonchev–Trinajstić information content (AvgIpc) is 3.12. The van der Waals surface area contributed by atoms with Crippen LogP contribution in [0.15, 0.2) is 24.3 Å². The molecule has 0 radical (unpaired) electrons. The molecule has 1 amide bonds. The fourth-order valence-electron chi connectivity index (χ4n) is 3.23. The molecule has 0 spiro atoms. The van der Waals surface area contributed by atoms with Gasteiger partial charge in [0.25, 0.3) is 5.91 Å². The highest BCUT2D eigenvalue weighted by Gasteiger charge is 2.26. The Kier molecular flexibility index (Phi) is 3.00. The van der Waals surface area contributed by atoms with Crippen molar-refractivity contribution in [3.63, 3.8) is 0 Å². The van der Waals surface area contributed by atoms with Crippen LogP contribution in [0.25, 0.3) is 21.3 Å². The van der Waals surface area contributed by atoms with Gasteiger partial charge in [0, 0.05) is 28.9 Å². The summed E-state index contributed by atoms with van der Waals surface area (Å²) < 4.78 is 16.1. The highest BCUT2D eigenvalue weighted by atomic mass is 32.1. The smallest absolute Gasteiger partial charge is 0.268 e. The Hall–Kier alpha value is -2.65. The molecule has 1 N–H and O–H groups in total. The van der Waals surface area contributed by atoms with Crippen molar-refractivity contribution in [3.05, 3.63) is 46.2 Å². The molecule has 6 heteroatoms. The minimum Gasteiger partial charge on any atom is -0.349 e. The van der Waals surface area contributed by atoms with Gasteiger partial charge >= 0.3 is 0 Å². The molecule has 2 aromatic heterocycles. The Labute approximate surface area is 135 Å². The molecule has 0 saturated heterocycles. The summed E-state index contributed by atoms with van der Waals surface area (Å²) >= 11 is 1.33. The first-order chi connectivity index (χ1) is 11.1. The Balaban J connectivity index is 2.10. The molecule has 23 heavy (non-hydrogen) atoms. The van der Waals surface area contributed by atoms with Crippen molar-refractivity contribution in [2.45, 2.75) is 13.5 Å². The van der Waals surface area contributed by atoms with Gasteiger partial charge in [-0.25, -0.2) is 4.39 Å². The largest absolute Gasteiger partial charge is 0.349 e. The number of hydrogen-bond donors (Lipinski definition) is 1. The zero-order chi connectivity index (χ0) is 16.1. The number of aromatic nitrogens is 1. The summed E-state index contributed by atoms with van der Waals surface area (Å²) in [5.74, 6) is -0.467. The number of carbonyl (C=O) groups is 1. The van der Waals surface area contributed by atoms with Crippen LogP contribution in [0, 0.1) is 24.1 Å². The monoisotopic (exact) mass is 325 g/mol. The summed E-state index contributed by atoms with van der Waals surface area (Å²) in [6.45, 7) is 3.05. The summed E-state index contributed by atoms with van der Waals surface area (Å²) in [6.07, 6.45) is 0. The second-order valence-electron chi connectivity index (χ2n) is 5.51. The van der Waals surface area contributed by atoms with E-state index in [4.69, 9.17) is 5.26 Å². The minimum absolute atomic E-state index is 0.125. The highest BCUT2D eigenvalue weighted by Crippen LogP contribution is 2.38. The number of rotatable bonds is 1. The van der Waals surface area contributed by atoms with E-state index in [9.17, 15) is 9.18 Å². The fraction of sp³-hybridized carbons (Fsp3) is 0.176. The lowest BCUT2D eigenvalue weighted by Gasteiger charge is -2.18. The lowest BCUT2D eigenvalue weighted by Crippen LogP contribution is -2.35. The number of amides is 1. The molecular weight excluding hydrogens is 313 g/mol. The van der Waals surface area contributed by atoms with Gasteiger partial charge < -0.3 is 9.88 Å². The Morgan fingerprint density at radius 1 is 1.39 bits per heavy atom. The molecule has 0 saturated carbocycles. The van der Waals surface area contributed by atoms with Crippen LogP contribution < -0.4 is 5.32 Å². The third-order valence-corrected chi connectivity index (χ3v) is 5.21. The number of thiophene rings is 1. The summed E-state index contributed by atoms with van der Waals surface area (Å²) in [4.78, 5) is 13.6. The van der Waals surface area contributed by atoms with E-state index in [1.807, 2.05) is 17.6 Å². The van der Waals surface area contributed by atoms with E-state index in [0.717, 1.165) is 26.9 Å². The van der Waals surface area contributed by atoms with E-state index < -0.39 is 0 Å². The first-order valence-corrected chi connectivity index (χ1v) is 8.02. The van der Waals surface area contributed by atoms with Gasteiger partial charge in [-0.2, -0.15) is 5.26 Å². The summed E-state index contributed by atoms with van der Waals surface area (Å²) in [6, 6.07) is 8.63. The van der Waals surface area contributed by atoms with Crippen molar-refractivity contribution in [2.75, 3.05) is 6.54 Å². The van der Waals surface area contributed by atoms with Crippen LogP contribution in [0.5, 0.6) is 0 Å². The number of hydrogen-bond acceptors (Lipinski definition) is 3. The molecule has 0 unspecified atom stereocenters. The average molecular weight is 325 g/mol. The molecule has 114 valence electrons. The first kappa shape index (κ1) is 14.0. The van der Waals surface area contributed by atoms with E-state index in [-0.39, 0.29) is 11.7 Å². The Morgan fingerprint density at radius 2 is 2.22 bits per heavy atom. The van der Waals surface area contributed by atoms with Gasteiger partial charge in [0.05, 0.1) is 5.52 Å². The maximum atomic E-state index is 14.1. The van der Waals surface area contributed by atoms with Crippen LogP contribution >= 0.6 is 11.3 Å². The van der Waals surface area contributed by atoms with Crippen molar-refractivity contribution >= 4 is 28.1 Å². The Morgan fingerprint density at radius 3 is 2.96 bits per heavy atom. The molecule has 3 heterocycles. The van der Waals surface area contributed by atoms with Crippen molar-refractivity contribution < 1.29 is 9.18 Å². The van der Waals surface area contributed by atoms with E-state index in [0.29, 0.717) is 23.7 Å². The molecule has 0 fully saturated rings. The highest BCUT2D eigenvalue weighted by molar-refractivity contribution is 7.16. The van der Waals surface area contributed by atoms with Crippen LogP contribution in [-0.4, -0.2) is 17.0 Å². The third kappa shape index (κ3) is 1.97. The molecule has 4 nitrogen and oxygen atoms in total. The van der Waals surface area contributed by atoms with Crippen LogP contribution in [0.2, 0.25) is 0 Å². The lowest BCUT2D eigenvalue weighted by molar-refractivity contribution is 0.0928. The quantitative estimate of drug-likeness (QED) is 0.745.